The van der Waals surface area contributed by atoms with Crippen LogP contribution in [0.3, 0.4) is 0 Å². The minimum absolute atomic E-state index is 0.0883. The van der Waals surface area contributed by atoms with E-state index in [0.717, 1.165) is 6.42 Å². The molecule has 3 rings (SSSR count). The lowest BCUT2D eigenvalue weighted by Crippen LogP contribution is -2.51. The van der Waals surface area contributed by atoms with Crippen LogP contribution in [-0.2, 0) is 9.53 Å². The summed E-state index contributed by atoms with van der Waals surface area (Å²) in [4.78, 5) is 45.2. The third-order valence-corrected chi connectivity index (χ3v) is 6.73. The summed E-state index contributed by atoms with van der Waals surface area (Å²) in [6, 6.07) is 4.13. The van der Waals surface area contributed by atoms with Gasteiger partial charge in [-0.15, -0.1) is 0 Å². The Morgan fingerprint density at radius 3 is 2.44 bits per heavy atom. The van der Waals surface area contributed by atoms with Crippen LogP contribution in [0.5, 0.6) is 11.5 Å². The predicted octanol–water partition coefficient (Wildman–Crippen LogP) is 3.12. The second kappa shape index (κ2) is 13.1. The molecule has 1 atom stereocenters. The van der Waals surface area contributed by atoms with Crippen molar-refractivity contribution in [2.45, 2.75) is 52.6 Å². The second-order valence-electron chi connectivity index (χ2n) is 10.6. The summed E-state index contributed by atoms with van der Waals surface area (Å²) in [6.45, 7) is 12.9. The second-order valence-corrected chi connectivity index (χ2v) is 10.6. The number of carbonyl (C=O) groups is 3. The van der Waals surface area contributed by atoms with E-state index >= 15 is 0 Å². The van der Waals surface area contributed by atoms with Gasteiger partial charge in [0.05, 0.1) is 32.4 Å². The Morgan fingerprint density at radius 1 is 1.08 bits per heavy atom. The van der Waals surface area contributed by atoms with Gasteiger partial charge in [0.1, 0.15) is 11.5 Å². The quantitative estimate of drug-likeness (QED) is 0.483. The molecule has 2 aliphatic rings. The van der Waals surface area contributed by atoms with Crippen molar-refractivity contribution in [2.24, 2.45) is 0 Å². The molecule has 2 heterocycles. The average molecular weight is 546 g/mol. The number of benzene rings is 1. The van der Waals surface area contributed by atoms with Crippen molar-refractivity contribution in [3.8, 4) is 11.5 Å². The molecule has 39 heavy (non-hydrogen) atoms. The number of hydrogen-bond donors (Lipinski definition) is 2. The molecule has 1 saturated heterocycles. The molecule has 0 spiro atoms. The number of esters is 1. The monoisotopic (exact) mass is 545 g/mol. The van der Waals surface area contributed by atoms with Gasteiger partial charge in [-0.2, -0.15) is 0 Å². The molecule has 216 valence electrons. The maximum absolute atomic E-state index is 13.5. The summed E-state index contributed by atoms with van der Waals surface area (Å²) < 4.78 is 16.4. The maximum Gasteiger partial charge on any atom is 0.338 e. The molecule has 1 aromatic carbocycles. The Labute approximate surface area is 231 Å². The zero-order chi connectivity index (χ0) is 28.7. The van der Waals surface area contributed by atoms with Crippen LogP contribution in [0.25, 0.3) is 0 Å². The summed E-state index contributed by atoms with van der Waals surface area (Å²) in [5, 5.41) is 6.02. The van der Waals surface area contributed by atoms with Gasteiger partial charge in [0, 0.05) is 62.1 Å². The highest BCUT2D eigenvalue weighted by Gasteiger charge is 2.39. The van der Waals surface area contributed by atoms with Gasteiger partial charge in [-0.1, -0.05) is 0 Å². The van der Waals surface area contributed by atoms with Gasteiger partial charge in [0.2, 0.25) is 0 Å². The average Bonchev–Trinajstić information content (AvgIpc) is 3.13. The molecule has 1 aromatic rings. The molecule has 4 amide bonds. The topological polar surface area (TPSA) is 113 Å². The van der Waals surface area contributed by atoms with Crippen LogP contribution < -0.4 is 20.1 Å². The van der Waals surface area contributed by atoms with Gasteiger partial charge in [0.25, 0.3) is 0 Å². The Morgan fingerprint density at radius 2 is 1.82 bits per heavy atom. The lowest BCUT2D eigenvalue weighted by atomic mass is 9.93. The molecule has 0 bridgehead atoms. The molecule has 1 fully saturated rings. The number of rotatable bonds is 8. The number of carbonyl (C=O) groups excluding carboxylic acids is 3. The third-order valence-electron chi connectivity index (χ3n) is 6.73. The van der Waals surface area contributed by atoms with Gasteiger partial charge in [-0.05, 0) is 53.2 Å². The number of urea groups is 2. The number of hydrogen-bond acceptors (Lipinski definition) is 7. The van der Waals surface area contributed by atoms with E-state index in [2.05, 4.69) is 15.5 Å². The number of nitrogens with one attached hydrogen (secondary N) is 2. The zero-order valence-electron chi connectivity index (χ0n) is 24.3. The normalized spacial score (nSPS) is 18.8. The Balaban J connectivity index is 1.99. The van der Waals surface area contributed by atoms with Gasteiger partial charge < -0.3 is 29.7 Å². The van der Waals surface area contributed by atoms with Crippen LogP contribution in [0.1, 0.15) is 52.6 Å². The first-order valence-electron chi connectivity index (χ1n) is 13.5. The zero-order valence-corrected chi connectivity index (χ0v) is 24.3. The summed E-state index contributed by atoms with van der Waals surface area (Å²) in [5.74, 6) is 0.593. The number of likely N-dealkylation sites (N-methyl/N-ethyl adjacent to an activating group) is 1. The highest BCUT2D eigenvalue weighted by Crippen LogP contribution is 2.38. The minimum Gasteiger partial charge on any atom is -0.497 e. The van der Waals surface area contributed by atoms with E-state index in [1.54, 1.807) is 37.1 Å². The number of amides is 4. The van der Waals surface area contributed by atoms with Crippen LogP contribution in [0, 0.1) is 0 Å². The number of nitrogens with zero attached hydrogens (tertiary/aromatic N) is 3. The summed E-state index contributed by atoms with van der Waals surface area (Å²) >= 11 is 0. The van der Waals surface area contributed by atoms with Crippen LogP contribution in [0.4, 0.5) is 9.59 Å². The van der Waals surface area contributed by atoms with Crippen molar-refractivity contribution in [3.63, 3.8) is 0 Å². The van der Waals surface area contributed by atoms with Crippen molar-refractivity contribution in [3.05, 3.63) is 35.0 Å². The smallest absolute Gasteiger partial charge is 0.338 e. The Hall–Kier alpha value is -3.47. The fourth-order valence-corrected chi connectivity index (χ4v) is 4.89. The molecule has 11 heteroatoms. The summed E-state index contributed by atoms with van der Waals surface area (Å²) in [6.07, 6.45) is 0.771. The Bertz CT molecular complexity index is 1080. The lowest BCUT2D eigenvalue weighted by molar-refractivity contribution is -0.139. The van der Waals surface area contributed by atoms with E-state index in [1.165, 1.54) is 7.11 Å². The minimum atomic E-state index is -0.767. The molecule has 0 saturated carbocycles. The Kier molecular flexibility index (Phi) is 10.1. The standard InChI is InChI=1S/C28H43N5O6/c1-8-33-21(18-31-13-10-14-32(16-15-31)27(36)30-28(3,4)5)23(25(34)39-9-2)24(29-26(33)35)20-12-11-19(37-6)17-22(20)38-7/h11-12,17,24H,8-10,13-16,18H2,1-7H3,(H,29,35)(H,30,36). The van der Waals surface area contributed by atoms with Gasteiger partial charge in [0.15, 0.2) is 0 Å². The first kappa shape index (κ1) is 30.1. The molecule has 0 aliphatic carbocycles. The molecule has 2 N–H and O–H groups in total. The highest BCUT2D eigenvalue weighted by molar-refractivity contribution is 5.95. The molecule has 1 unspecified atom stereocenters. The van der Waals surface area contributed by atoms with E-state index < -0.39 is 12.0 Å². The van der Waals surface area contributed by atoms with Crippen LogP contribution in [-0.4, -0.2) is 98.4 Å². The van der Waals surface area contributed by atoms with Gasteiger partial charge >= 0.3 is 18.0 Å². The molecule has 2 aliphatic heterocycles. The molecular weight excluding hydrogens is 502 g/mol. The molecule has 0 aromatic heterocycles. The SMILES string of the molecule is CCOC(=O)C1=C(CN2CCCN(C(=O)NC(C)(C)C)CC2)N(CC)C(=O)NC1c1ccc(OC)cc1OC. The fourth-order valence-electron chi connectivity index (χ4n) is 4.89. The van der Waals surface area contributed by atoms with Crippen LogP contribution in [0.2, 0.25) is 0 Å². The fraction of sp³-hybridized carbons (Fsp3) is 0.607. The van der Waals surface area contributed by atoms with E-state index in [1.807, 2.05) is 32.6 Å². The number of ether oxygens (including phenoxy) is 3. The highest BCUT2D eigenvalue weighted by atomic mass is 16.5. The van der Waals surface area contributed by atoms with Crippen molar-refractivity contribution in [1.29, 1.82) is 0 Å². The first-order chi connectivity index (χ1) is 18.5. The van der Waals surface area contributed by atoms with Crippen molar-refractivity contribution < 1.29 is 28.6 Å². The van der Waals surface area contributed by atoms with E-state index in [9.17, 15) is 14.4 Å². The molecule has 11 nitrogen and oxygen atoms in total. The van der Waals surface area contributed by atoms with Crippen LogP contribution in [0.15, 0.2) is 29.5 Å². The van der Waals surface area contributed by atoms with Crippen molar-refractivity contribution in [2.75, 3.05) is 60.1 Å². The predicted molar refractivity (Wildman–Crippen MR) is 148 cm³/mol. The lowest BCUT2D eigenvalue weighted by Gasteiger charge is -2.38. The maximum atomic E-state index is 13.5. The van der Waals surface area contributed by atoms with E-state index in [-0.39, 0.29) is 24.2 Å². The first-order valence-corrected chi connectivity index (χ1v) is 13.5. The van der Waals surface area contributed by atoms with E-state index in [0.29, 0.717) is 67.6 Å². The third kappa shape index (κ3) is 7.35. The van der Waals surface area contributed by atoms with Gasteiger partial charge in [-0.25, -0.2) is 14.4 Å². The van der Waals surface area contributed by atoms with Crippen molar-refractivity contribution in [1.82, 2.24) is 25.3 Å². The molecular formula is C28H43N5O6. The number of methoxy groups -OCH3 is 2. The van der Waals surface area contributed by atoms with E-state index in [4.69, 9.17) is 14.2 Å². The van der Waals surface area contributed by atoms with Crippen molar-refractivity contribution >= 4 is 18.0 Å². The molecule has 0 radical (unpaired) electrons. The van der Waals surface area contributed by atoms with Crippen LogP contribution >= 0.6 is 0 Å². The summed E-state index contributed by atoms with van der Waals surface area (Å²) in [7, 11) is 3.10. The summed E-state index contributed by atoms with van der Waals surface area (Å²) in [5.41, 5.74) is 1.27. The largest absolute Gasteiger partial charge is 0.497 e. The van der Waals surface area contributed by atoms with Gasteiger partial charge in [-0.3, -0.25) is 9.80 Å².